The van der Waals surface area contributed by atoms with Crippen molar-refractivity contribution in [2.75, 3.05) is 26.9 Å². The quantitative estimate of drug-likeness (QED) is 0.107. The van der Waals surface area contributed by atoms with E-state index in [9.17, 15) is 14.4 Å². The maximum absolute atomic E-state index is 12.6. The van der Waals surface area contributed by atoms with Crippen LogP contribution in [0.5, 0.6) is 23.0 Å². The maximum atomic E-state index is 12.6. The molecule has 3 aromatic carbocycles. The maximum Gasteiger partial charge on any atom is 0.338 e. The molecule has 0 fully saturated rings. The van der Waals surface area contributed by atoms with E-state index < -0.39 is 23.9 Å². The van der Waals surface area contributed by atoms with Gasteiger partial charge in [0.25, 0.3) is 5.91 Å². The lowest BCUT2D eigenvalue weighted by Gasteiger charge is -2.28. The molecule has 1 aliphatic rings. The highest BCUT2D eigenvalue weighted by Crippen LogP contribution is 2.37. The zero-order valence-corrected chi connectivity index (χ0v) is 28.5. The highest BCUT2D eigenvalue weighted by atomic mass is 79.9. The Bertz CT molecular complexity index is 1700. The smallest absolute Gasteiger partial charge is 0.338 e. The summed E-state index contributed by atoms with van der Waals surface area (Å²) in [5, 5.41) is 9.99. The zero-order valence-electron chi connectivity index (χ0n) is 26.1. The first-order valence-electron chi connectivity index (χ1n) is 14.5. The second-order valence-corrected chi connectivity index (χ2v) is 11.3. The molecule has 248 valence electrons. The largest absolute Gasteiger partial charge is 0.493 e. The van der Waals surface area contributed by atoms with Crippen molar-refractivity contribution in [2.24, 2.45) is 5.10 Å². The molecule has 0 spiro atoms. The summed E-state index contributed by atoms with van der Waals surface area (Å²) in [5.74, 6) is 0.503. The number of hydrogen-bond acceptors (Lipinski definition) is 9. The Morgan fingerprint density at radius 2 is 1.83 bits per heavy atom. The predicted molar refractivity (Wildman–Crippen MR) is 179 cm³/mol. The van der Waals surface area contributed by atoms with Crippen LogP contribution in [-0.4, -0.2) is 51.1 Å². The summed E-state index contributed by atoms with van der Waals surface area (Å²) in [4.78, 5) is 37.4. The summed E-state index contributed by atoms with van der Waals surface area (Å²) >= 11 is 9.62. The molecule has 3 amide bonds. The first kappa shape index (κ1) is 35.1. The van der Waals surface area contributed by atoms with Crippen LogP contribution in [0.2, 0.25) is 5.02 Å². The molecule has 0 radical (unpaired) electrons. The molecule has 1 heterocycles. The number of carbonyl (C=O) groups excluding carboxylic acids is 3. The first-order valence-corrected chi connectivity index (χ1v) is 15.7. The van der Waals surface area contributed by atoms with Crippen LogP contribution in [0.4, 0.5) is 4.79 Å². The molecular formula is C33H34BrClN4O8. The number of nitrogens with one attached hydrogen (secondary N) is 3. The lowest BCUT2D eigenvalue weighted by atomic mass is 9.95. The topological polar surface area (TPSA) is 146 Å². The number of hydrogen-bond donors (Lipinski definition) is 3. The van der Waals surface area contributed by atoms with Gasteiger partial charge in [0.15, 0.2) is 29.6 Å². The molecular weight excluding hydrogens is 696 g/mol. The lowest BCUT2D eigenvalue weighted by Crippen LogP contribution is -2.45. The SMILES string of the molecule is CCOC(=O)C1=C(C)NC(=O)N[C@@H]1c1ccc(OCC(=O)N/N=C/c2cc(Br)c(OCc3cccc(Cl)c3)c(OCC)c2)c(OC)c1. The van der Waals surface area contributed by atoms with E-state index in [4.69, 9.17) is 35.3 Å². The molecule has 47 heavy (non-hydrogen) atoms. The molecule has 3 N–H and O–H groups in total. The van der Waals surface area contributed by atoms with E-state index in [1.165, 1.54) is 13.3 Å². The third-order valence-corrected chi connectivity index (χ3v) is 7.48. The molecule has 1 aliphatic heterocycles. The van der Waals surface area contributed by atoms with E-state index in [0.29, 0.717) is 50.2 Å². The molecule has 0 saturated carbocycles. The summed E-state index contributed by atoms with van der Waals surface area (Å²) in [6, 6.07) is 14.5. The van der Waals surface area contributed by atoms with Crippen molar-refractivity contribution >= 4 is 51.7 Å². The van der Waals surface area contributed by atoms with Crippen LogP contribution in [0.1, 0.15) is 43.5 Å². The number of allylic oxidation sites excluding steroid dienone is 1. The first-order chi connectivity index (χ1) is 22.6. The average molecular weight is 730 g/mol. The Kier molecular flexibility index (Phi) is 12.5. The van der Waals surface area contributed by atoms with Gasteiger partial charge in [-0.25, -0.2) is 15.0 Å². The monoisotopic (exact) mass is 728 g/mol. The fraction of sp³-hybridized carbons (Fsp3) is 0.273. The minimum absolute atomic E-state index is 0.178. The number of ether oxygens (including phenoxy) is 5. The van der Waals surface area contributed by atoms with Crippen LogP contribution in [0.25, 0.3) is 0 Å². The van der Waals surface area contributed by atoms with Gasteiger partial charge in [0.2, 0.25) is 0 Å². The summed E-state index contributed by atoms with van der Waals surface area (Å²) in [5.41, 5.74) is 5.18. The number of rotatable bonds is 14. The van der Waals surface area contributed by atoms with Gasteiger partial charge >= 0.3 is 12.0 Å². The van der Waals surface area contributed by atoms with Gasteiger partial charge in [-0.05, 0) is 89.8 Å². The Balaban J connectivity index is 1.39. The van der Waals surface area contributed by atoms with Gasteiger partial charge in [0.1, 0.15) is 6.61 Å². The normalized spacial score (nSPS) is 14.3. The van der Waals surface area contributed by atoms with E-state index in [0.717, 1.165) is 5.56 Å². The highest BCUT2D eigenvalue weighted by Gasteiger charge is 2.32. The van der Waals surface area contributed by atoms with Crippen molar-refractivity contribution in [3.63, 3.8) is 0 Å². The molecule has 0 bridgehead atoms. The summed E-state index contributed by atoms with van der Waals surface area (Å²) in [6.45, 7) is 5.69. The van der Waals surface area contributed by atoms with Gasteiger partial charge in [-0.2, -0.15) is 5.10 Å². The Morgan fingerprint density at radius 3 is 2.55 bits per heavy atom. The number of benzene rings is 3. The van der Waals surface area contributed by atoms with Gasteiger partial charge in [0.05, 0.1) is 42.6 Å². The minimum atomic E-state index is -0.782. The molecule has 4 rings (SSSR count). The van der Waals surface area contributed by atoms with Gasteiger partial charge < -0.3 is 34.3 Å². The number of urea groups is 1. The Hall–Kier alpha value is -4.75. The number of hydrazone groups is 1. The lowest BCUT2D eigenvalue weighted by molar-refractivity contribution is -0.139. The number of nitrogens with zero attached hydrogens (tertiary/aromatic N) is 1. The molecule has 1 atom stereocenters. The van der Waals surface area contributed by atoms with Gasteiger partial charge in [0, 0.05) is 10.7 Å². The van der Waals surface area contributed by atoms with E-state index >= 15 is 0 Å². The minimum Gasteiger partial charge on any atom is -0.493 e. The molecule has 0 unspecified atom stereocenters. The van der Waals surface area contributed by atoms with E-state index in [1.54, 1.807) is 50.2 Å². The fourth-order valence-corrected chi connectivity index (χ4v) is 5.40. The molecule has 3 aromatic rings. The van der Waals surface area contributed by atoms with E-state index in [1.807, 2.05) is 25.1 Å². The molecule has 0 aliphatic carbocycles. The fourth-order valence-electron chi connectivity index (χ4n) is 4.61. The van der Waals surface area contributed by atoms with Crippen LogP contribution in [0.3, 0.4) is 0 Å². The van der Waals surface area contributed by atoms with Gasteiger partial charge in [-0.3, -0.25) is 4.79 Å². The average Bonchev–Trinajstić information content (AvgIpc) is 3.03. The van der Waals surface area contributed by atoms with E-state index in [2.05, 4.69) is 37.1 Å². The van der Waals surface area contributed by atoms with Crippen molar-refractivity contribution < 1.29 is 38.1 Å². The number of amides is 3. The Labute approximate surface area is 285 Å². The predicted octanol–water partition coefficient (Wildman–Crippen LogP) is 5.81. The molecule has 0 aromatic heterocycles. The third kappa shape index (κ3) is 9.39. The second kappa shape index (κ2) is 16.7. The second-order valence-electron chi connectivity index (χ2n) is 9.96. The van der Waals surface area contributed by atoms with Crippen molar-refractivity contribution in [3.05, 3.63) is 92.1 Å². The molecule has 12 nitrogen and oxygen atoms in total. The molecule has 0 saturated heterocycles. The zero-order chi connectivity index (χ0) is 33.9. The summed E-state index contributed by atoms with van der Waals surface area (Å²) in [6.07, 6.45) is 1.46. The van der Waals surface area contributed by atoms with Crippen molar-refractivity contribution in [1.82, 2.24) is 16.1 Å². The summed E-state index contributed by atoms with van der Waals surface area (Å²) in [7, 11) is 1.44. The summed E-state index contributed by atoms with van der Waals surface area (Å²) < 4.78 is 28.8. The van der Waals surface area contributed by atoms with Crippen LogP contribution in [0, 0.1) is 0 Å². The van der Waals surface area contributed by atoms with Crippen LogP contribution in [-0.2, 0) is 20.9 Å². The van der Waals surface area contributed by atoms with Crippen molar-refractivity contribution in [1.29, 1.82) is 0 Å². The third-order valence-electron chi connectivity index (χ3n) is 6.65. The molecule has 14 heteroatoms. The van der Waals surface area contributed by atoms with Gasteiger partial charge in [-0.1, -0.05) is 29.8 Å². The van der Waals surface area contributed by atoms with Gasteiger partial charge in [-0.15, -0.1) is 0 Å². The highest BCUT2D eigenvalue weighted by molar-refractivity contribution is 9.10. The number of halogens is 2. The van der Waals surface area contributed by atoms with Crippen molar-refractivity contribution in [3.8, 4) is 23.0 Å². The standard InChI is InChI=1S/C33H34BrClN4O8/c1-5-44-27-14-21(13-24(34)31(27)47-17-20-8-7-9-23(35)12-20)16-36-39-28(40)18-46-25-11-10-22(15-26(25)43-4)30-29(32(41)45-6-2)19(3)37-33(42)38-30/h7-16,30H,5-6,17-18H2,1-4H3,(H,39,40)(H2,37,38,42)/b36-16+/t30-/m1/s1. The van der Waals surface area contributed by atoms with Crippen LogP contribution in [0.15, 0.2) is 75.4 Å². The van der Waals surface area contributed by atoms with Crippen LogP contribution < -0.4 is 35.0 Å². The number of carbonyl (C=O) groups is 3. The number of methoxy groups -OCH3 is 1. The van der Waals surface area contributed by atoms with Crippen molar-refractivity contribution in [2.45, 2.75) is 33.4 Å². The Morgan fingerprint density at radius 1 is 1.02 bits per heavy atom. The van der Waals surface area contributed by atoms with E-state index in [-0.39, 0.29) is 31.1 Å². The number of esters is 1. The van der Waals surface area contributed by atoms with Crippen LogP contribution >= 0.6 is 27.5 Å².